The van der Waals surface area contributed by atoms with Gasteiger partial charge in [-0.3, -0.25) is 4.79 Å². The summed E-state index contributed by atoms with van der Waals surface area (Å²) in [6.45, 7) is 3.69. The molecule has 0 spiro atoms. The second kappa shape index (κ2) is 6.57. The first-order valence-corrected chi connectivity index (χ1v) is 8.79. The molecule has 3 rings (SSSR count). The van der Waals surface area contributed by atoms with Gasteiger partial charge in [-0.25, -0.2) is 4.98 Å². The normalized spacial score (nSPS) is 17.2. The van der Waals surface area contributed by atoms with Crippen LogP contribution in [0.4, 0.5) is 13.2 Å². The molecule has 0 aliphatic heterocycles. The molecule has 1 heterocycles. The Morgan fingerprint density at radius 1 is 1.35 bits per heavy atom. The lowest BCUT2D eigenvalue weighted by atomic mass is 9.97. The highest BCUT2D eigenvalue weighted by Crippen LogP contribution is 2.34. The minimum atomic E-state index is -4.56. The van der Waals surface area contributed by atoms with E-state index in [4.69, 9.17) is 5.73 Å². The third kappa shape index (κ3) is 3.30. The number of imidazole rings is 1. The van der Waals surface area contributed by atoms with Gasteiger partial charge < -0.3 is 15.6 Å². The SMILES string of the molecule is CC(C)n1c(C(F)(F)F)nc2cc(C(=O)NC3(CN)CCCC3)ccc21. The molecule has 1 aromatic carbocycles. The third-order valence-corrected chi connectivity index (χ3v) is 5.05. The summed E-state index contributed by atoms with van der Waals surface area (Å²) in [7, 11) is 0. The van der Waals surface area contributed by atoms with Crippen LogP contribution < -0.4 is 11.1 Å². The molecule has 1 aromatic heterocycles. The number of nitrogens with zero attached hydrogens (tertiary/aromatic N) is 2. The van der Waals surface area contributed by atoms with Crippen LogP contribution in [-0.2, 0) is 6.18 Å². The first-order chi connectivity index (χ1) is 12.2. The smallest absolute Gasteiger partial charge is 0.345 e. The molecule has 1 aliphatic carbocycles. The van der Waals surface area contributed by atoms with Crippen LogP contribution in [0.5, 0.6) is 0 Å². The van der Waals surface area contributed by atoms with E-state index in [2.05, 4.69) is 10.3 Å². The number of aromatic nitrogens is 2. The molecule has 3 N–H and O–H groups in total. The monoisotopic (exact) mass is 368 g/mol. The van der Waals surface area contributed by atoms with Gasteiger partial charge >= 0.3 is 6.18 Å². The van der Waals surface area contributed by atoms with Crippen LogP contribution in [0.2, 0.25) is 0 Å². The molecular formula is C18H23F3N4O. The van der Waals surface area contributed by atoms with Crippen LogP contribution in [0.3, 0.4) is 0 Å². The van der Waals surface area contributed by atoms with E-state index in [0.717, 1.165) is 30.3 Å². The highest BCUT2D eigenvalue weighted by atomic mass is 19.4. The second-order valence-electron chi connectivity index (χ2n) is 7.25. The Morgan fingerprint density at radius 2 is 2.00 bits per heavy atom. The third-order valence-electron chi connectivity index (χ3n) is 5.05. The van der Waals surface area contributed by atoms with Gasteiger partial charge in [0.05, 0.1) is 16.6 Å². The van der Waals surface area contributed by atoms with E-state index in [0.29, 0.717) is 17.6 Å². The fourth-order valence-electron chi connectivity index (χ4n) is 3.71. The molecule has 1 aliphatic rings. The Morgan fingerprint density at radius 3 is 2.54 bits per heavy atom. The molecule has 0 unspecified atom stereocenters. The summed E-state index contributed by atoms with van der Waals surface area (Å²) in [6, 6.07) is 4.07. The van der Waals surface area contributed by atoms with E-state index in [-0.39, 0.29) is 11.4 Å². The van der Waals surface area contributed by atoms with Gasteiger partial charge in [-0.2, -0.15) is 13.2 Å². The molecular weight excluding hydrogens is 345 g/mol. The van der Waals surface area contributed by atoms with Crippen molar-refractivity contribution in [3.05, 3.63) is 29.6 Å². The molecule has 5 nitrogen and oxygen atoms in total. The van der Waals surface area contributed by atoms with Crippen LogP contribution in [-0.4, -0.2) is 27.5 Å². The lowest BCUT2D eigenvalue weighted by Gasteiger charge is -2.28. The summed E-state index contributed by atoms with van der Waals surface area (Å²) in [4.78, 5) is 16.4. The van der Waals surface area contributed by atoms with Crippen molar-refractivity contribution in [1.82, 2.24) is 14.9 Å². The minimum absolute atomic E-state index is 0.159. The molecule has 0 saturated heterocycles. The Labute approximate surface area is 149 Å². The van der Waals surface area contributed by atoms with Crippen molar-refractivity contribution < 1.29 is 18.0 Å². The summed E-state index contributed by atoms with van der Waals surface area (Å²) in [5, 5.41) is 2.98. The number of nitrogens with one attached hydrogen (secondary N) is 1. The van der Waals surface area contributed by atoms with E-state index in [1.54, 1.807) is 13.8 Å². The molecule has 0 atom stereocenters. The maximum Gasteiger partial charge on any atom is 0.449 e. The van der Waals surface area contributed by atoms with Gasteiger partial charge in [-0.15, -0.1) is 0 Å². The Kier molecular flexibility index (Phi) is 4.72. The minimum Gasteiger partial charge on any atom is -0.345 e. The zero-order chi connectivity index (χ0) is 19.1. The maximum absolute atomic E-state index is 13.3. The number of halogens is 3. The summed E-state index contributed by atoms with van der Waals surface area (Å²) in [5.74, 6) is -1.28. The van der Waals surface area contributed by atoms with Crippen molar-refractivity contribution >= 4 is 16.9 Å². The molecule has 8 heteroatoms. The summed E-state index contributed by atoms with van der Waals surface area (Å²) < 4.78 is 41.0. The molecule has 26 heavy (non-hydrogen) atoms. The van der Waals surface area contributed by atoms with Crippen molar-refractivity contribution in [3.63, 3.8) is 0 Å². The maximum atomic E-state index is 13.3. The van der Waals surface area contributed by atoms with Gasteiger partial charge in [0, 0.05) is 18.2 Å². The summed E-state index contributed by atoms with van der Waals surface area (Å²) in [5.41, 5.74) is 6.23. The number of benzene rings is 1. The molecule has 142 valence electrons. The van der Waals surface area contributed by atoms with Crippen molar-refractivity contribution in [3.8, 4) is 0 Å². The van der Waals surface area contributed by atoms with Crippen molar-refractivity contribution in [2.75, 3.05) is 6.54 Å². The van der Waals surface area contributed by atoms with Gasteiger partial charge in [0.15, 0.2) is 0 Å². The largest absolute Gasteiger partial charge is 0.449 e. The Bertz CT molecular complexity index is 820. The van der Waals surface area contributed by atoms with Gasteiger partial charge in [-0.1, -0.05) is 12.8 Å². The van der Waals surface area contributed by atoms with Gasteiger partial charge in [0.2, 0.25) is 5.82 Å². The number of hydrogen-bond donors (Lipinski definition) is 2. The highest BCUT2D eigenvalue weighted by molar-refractivity contribution is 5.98. The molecule has 1 amide bonds. The number of nitrogens with two attached hydrogens (primary N) is 1. The Hall–Kier alpha value is -2.09. The molecule has 2 aromatic rings. The predicted octanol–water partition coefficient (Wildman–Crippen LogP) is 3.64. The number of carbonyl (C=O) groups is 1. The first-order valence-electron chi connectivity index (χ1n) is 8.79. The van der Waals surface area contributed by atoms with E-state index < -0.39 is 23.6 Å². The van der Waals surface area contributed by atoms with E-state index >= 15 is 0 Å². The number of fused-ring (bicyclic) bond motifs is 1. The van der Waals surface area contributed by atoms with E-state index in [1.165, 1.54) is 18.2 Å². The van der Waals surface area contributed by atoms with E-state index in [9.17, 15) is 18.0 Å². The van der Waals surface area contributed by atoms with Crippen LogP contribution in [0.25, 0.3) is 11.0 Å². The van der Waals surface area contributed by atoms with Crippen molar-refractivity contribution in [2.24, 2.45) is 5.73 Å². The number of alkyl halides is 3. The van der Waals surface area contributed by atoms with Crippen molar-refractivity contribution in [2.45, 2.75) is 57.3 Å². The van der Waals surface area contributed by atoms with Crippen LogP contribution in [0.15, 0.2) is 18.2 Å². The lowest BCUT2D eigenvalue weighted by molar-refractivity contribution is -0.147. The number of hydrogen-bond acceptors (Lipinski definition) is 3. The van der Waals surface area contributed by atoms with Crippen LogP contribution >= 0.6 is 0 Å². The summed E-state index contributed by atoms with van der Waals surface area (Å²) >= 11 is 0. The fourth-order valence-corrected chi connectivity index (χ4v) is 3.71. The van der Waals surface area contributed by atoms with Crippen molar-refractivity contribution in [1.29, 1.82) is 0 Å². The number of amides is 1. The quantitative estimate of drug-likeness (QED) is 0.865. The molecule has 1 fully saturated rings. The standard InChI is InChI=1S/C18H23F3N4O/c1-11(2)25-14-6-5-12(9-13(14)23-16(25)18(19,20)21)15(26)24-17(10-22)7-3-4-8-17/h5-6,9,11H,3-4,7-8,10,22H2,1-2H3,(H,24,26). The number of rotatable bonds is 4. The molecule has 1 saturated carbocycles. The van der Waals surface area contributed by atoms with Gasteiger partial charge in [-0.05, 0) is 44.9 Å². The zero-order valence-corrected chi connectivity index (χ0v) is 14.9. The predicted molar refractivity (Wildman–Crippen MR) is 92.8 cm³/mol. The summed E-state index contributed by atoms with van der Waals surface area (Å²) in [6.07, 6.45) is -0.914. The first kappa shape index (κ1) is 18.7. The van der Waals surface area contributed by atoms with Gasteiger partial charge in [0.1, 0.15) is 0 Å². The average molecular weight is 368 g/mol. The topological polar surface area (TPSA) is 72.9 Å². The van der Waals surface area contributed by atoms with Gasteiger partial charge in [0.25, 0.3) is 5.91 Å². The highest BCUT2D eigenvalue weighted by Gasteiger charge is 2.38. The fraction of sp³-hybridized carbons (Fsp3) is 0.556. The van der Waals surface area contributed by atoms with E-state index in [1.807, 2.05) is 0 Å². The zero-order valence-electron chi connectivity index (χ0n) is 14.9. The van der Waals surface area contributed by atoms with Crippen LogP contribution in [0, 0.1) is 0 Å². The Balaban J connectivity index is 1.98. The van der Waals surface area contributed by atoms with Crippen LogP contribution in [0.1, 0.15) is 61.8 Å². The second-order valence-corrected chi connectivity index (χ2v) is 7.25. The molecule has 0 radical (unpaired) electrons. The average Bonchev–Trinajstić information content (AvgIpc) is 3.18. The number of carbonyl (C=O) groups excluding carboxylic acids is 1. The lowest BCUT2D eigenvalue weighted by Crippen LogP contribution is -2.51. The molecule has 0 bridgehead atoms.